The number of carbonyl (C=O) groups excluding carboxylic acids is 2. The van der Waals surface area contributed by atoms with Crippen molar-refractivity contribution in [2.45, 2.75) is 58.2 Å². The van der Waals surface area contributed by atoms with Crippen LogP contribution in [0, 0.1) is 22.7 Å². The topological polar surface area (TPSA) is 118 Å². The lowest BCUT2D eigenvalue weighted by Crippen LogP contribution is -2.61. The summed E-state index contributed by atoms with van der Waals surface area (Å²) in [4.78, 5) is 27.7. The molecule has 1 saturated heterocycles. The molecule has 0 spiro atoms. The van der Waals surface area contributed by atoms with E-state index in [9.17, 15) is 19.8 Å². The van der Waals surface area contributed by atoms with E-state index in [0.29, 0.717) is 63.4 Å². The van der Waals surface area contributed by atoms with Crippen LogP contribution in [0.1, 0.15) is 46.0 Å². The minimum Gasteiger partial charge on any atom is -0.497 e. The molecule has 6 atom stereocenters. The second-order valence-electron chi connectivity index (χ2n) is 11.0. The molecule has 1 aliphatic heterocycles. The molecule has 2 saturated carbocycles. The third kappa shape index (κ3) is 5.19. The number of aliphatic hydroxyl groups excluding tert-OH is 2. The number of fused-ring (bicyclic) bond motifs is 1. The number of nitrogens with one attached hydrogen (secondary N) is 1. The van der Waals surface area contributed by atoms with Crippen molar-refractivity contribution in [3.63, 3.8) is 0 Å². The van der Waals surface area contributed by atoms with Gasteiger partial charge in [0.2, 0.25) is 5.91 Å². The van der Waals surface area contributed by atoms with Crippen molar-refractivity contribution in [1.29, 1.82) is 0 Å². The van der Waals surface area contributed by atoms with Gasteiger partial charge in [-0.1, -0.05) is 13.8 Å². The third-order valence-corrected chi connectivity index (χ3v) is 9.02. The van der Waals surface area contributed by atoms with Gasteiger partial charge in [0.05, 0.1) is 33.0 Å². The number of hydrogen-bond acceptors (Lipinski definition) is 7. The average molecular weight is 505 g/mol. The fourth-order valence-corrected chi connectivity index (χ4v) is 6.86. The molecule has 3 aliphatic rings. The van der Waals surface area contributed by atoms with Crippen LogP contribution in [-0.2, 0) is 14.3 Å². The lowest BCUT2D eigenvalue weighted by Gasteiger charge is -2.60. The molecule has 0 aromatic heterocycles. The molecule has 1 unspecified atom stereocenters. The summed E-state index contributed by atoms with van der Waals surface area (Å²) >= 11 is 0. The van der Waals surface area contributed by atoms with Crippen LogP contribution in [0.4, 0.5) is 10.5 Å². The van der Waals surface area contributed by atoms with Gasteiger partial charge in [-0.05, 0) is 67.2 Å². The molecule has 9 heteroatoms. The van der Waals surface area contributed by atoms with Gasteiger partial charge >= 0.3 is 6.09 Å². The van der Waals surface area contributed by atoms with Gasteiger partial charge in [-0.25, -0.2) is 4.79 Å². The summed E-state index contributed by atoms with van der Waals surface area (Å²) in [7, 11) is 1.58. The zero-order valence-corrected chi connectivity index (χ0v) is 21.6. The van der Waals surface area contributed by atoms with Gasteiger partial charge in [0.25, 0.3) is 0 Å². The molecule has 1 heterocycles. The van der Waals surface area contributed by atoms with E-state index in [4.69, 9.17) is 14.2 Å². The normalized spacial score (nSPS) is 34.4. The van der Waals surface area contributed by atoms with E-state index in [2.05, 4.69) is 12.2 Å². The van der Waals surface area contributed by atoms with E-state index < -0.39 is 23.7 Å². The van der Waals surface area contributed by atoms with Gasteiger partial charge in [0, 0.05) is 30.6 Å². The zero-order valence-electron chi connectivity index (χ0n) is 21.6. The molecule has 200 valence electrons. The Morgan fingerprint density at radius 1 is 1.14 bits per heavy atom. The Morgan fingerprint density at radius 2 is 1.83 bits per heavy atom. The predicted molar refractivity (Wildman–Crippen MR) is 134 cm³/mol. The number of hydrogen-bond donors (Lipinski definition) is 3. The number of amides is 2. The molecular weight excluding hydrogens is 464 g/mol. The van der Waals surface area contributed by atoms with Gasteiger partial charge in [0.1, 0.15) is 11.9 Å². The standard InChI is InChI=1S/C27H40N2O7/c1-26-11-10-23(36-25(33)28-18-4-6-19(34-3)7-5-18)27(2,17-30)22(26)9-8-21(31)20(26)16-24(32)29-12-14-35-15-13-29/h4-7,20-23,30-31H,8-17H2,1-3H3,(H,28,33)/t20-,21-,22?,23-,26+,27+/m1/s1. The highest BCUT2D eigenvalue weighted by molar-refractivity contribution is 5.84. The highest BCUT2D eigenvalue weighted by Gasteiger charge is 2.60. The van der Waals surface area contributed by atoms with E-state index in [0.717, 1.165) is 0 Å². The van der Waals surface area contributed by atoms with Crippen LogP contribution in [0.15, 0.2) is 24.3 Å². The molecule has 2 aliphatic carbocycles. The van der Waals surface area contributed by atoms with E-state index >= 15 is 0 Å². The quantitative estimate of drug-likeness (QED) is 0.545. The van der Waals surface area contributed by atoms with E-state index in [1.165, 1.54) is 0 Å². The van der Waals surface area contributed by atoms with Gasteiger partial charge in [-0.15, -0.1) is 0 Å². The molecule has 0 bridgehead atoms. The first-order chi connectivity index (χ1) is 17.2. The molecule has 1 aromatic rings. The fraction of sp³-hybridized carbons (Fsp3) is 0.704. The molecular formula is C27H40N2O7. The number of benzene rings is 1. The number of methoxy groups -OCH3 is 1. The monoisotopic (exact) mass is 504 g/mol. The minimum absolute atomic E-state index is 0.00609. The first-order valence-electron chi connectivity index (χ1n) is 13.0. The Kier molecular flexibility index (Phi) is 8.12. The largest absolute Gasteiger partial charge is 0.497 e. The van der Waals surface area contributed by atoms with E-state index in [1.54, 1.807) is 31.4 Å². The molecule has 0 radical (unpaired) electrons. The number of aliphatic hydroxyl groups is 2. The van der Waals surface area contributed by atoms with Crippen molar-refractivity contribution in [2.24, 2.45) is 22.7 Å². The molecule has 9 nitrogen and oxygen atoms in total. The Balaban J connectivity index is 1.47. The Labute approximate surface area is 213 Å². The molecule has 3 N–H and O–H groups in total. The van der Waals surface area contributed by atoms with Crippen LogP contribution in [0.2, 0.25) is 0 Å². The summed E-state index contributed by atoms with van der Waals surface area (Å²) in [6, 6.07) is 6.99. The molecule has 3 fully saturated rings. The number of rotatable bonds is 6. The average Bonchev–Trinajstić information content (AvgIpc) is 2.89. The lowest BCUT2D eigenvalue weighted by molar-refractivity contribution is -0.187. The van der Waals surface area contributed by atoms with Crippen LogP contribution in [0.25, 0.3) is 0 Å². The number of nitrogens with zero attached hydrogens (tertiary/aromatic N) is 1. The highest BCUT2D eigenvalue weighted by atomic mass is 16.6. The van der Waals surface area contributed by atoms with Gasteiger partial charge in [0.15, 0.2) is 0 Å². The maximum Gasteiger partial charge on any atom is 0.411 e. The lowest BCUT2D eigenvalue weighted by atomic mass is 9.46. The summed E-state index contributed by atoms with van der Waals surface area (Å²) in [6.45, 7) is 6.20. The van der Waals surface area contributed by atoms with Crippen LogP contribution in [-0.4, -0.2) is 79.3 Å². The van der Waals surface area contributed by atoms with Crippen LogP contribution >= 0.6 is 0 Å². The Morgan fingerprint density at radius 3 is 2.47 bits per heavy atom. The SMILES string of the molecule is COc1ccc(NC(=O)O[C@@H]2CC[C@]3(C)C(CC[C@@H](O)[C@H]3CC(=O)N3CCOCC3)[C@]2(C)CO)cc1. The van der Waals surface area contributed by atoms with Gasteiger partial charge < -0.3 is 29.3 Å². The minimum atomic E-state index is -0.690. The molecule has 4 rings (SSSR count). The van der Waals surface area contributed by atoms with Gasteiger partial charge in [-0.3, -0.25) is 10.1 Å². The molecule has 36 heavy (non-hydrogen) atoms. The maximum absolute atomic E-state index is 13.1. The number of anilines is 1. The first-order valence-corrected chi connectivity index (χ1v) is 13.0. The van der Waals surface area contributed by atoms with E-state index in [-0.39, 0.29) is 36.2 Å². The number of morpholine rings is 1. The molecule has 1 aromatic carbocycles. The smallest absolute Gasteiger partial charge is 0.411 e. The molecule has 2 amide bonds. The van der Waals surface area contributed by atoms with Crippen molar-refractivity contribution in [2.75, 3.05) is 45.3 Å². The highest BCUT2D eigenvalue weighted by Crippen LogP contribution is 2.61. The summed E-state index contributed by atoms with van der Waals surface area (Å²) in [5.41, 5.74) is -0.455. The van der Waals surface area contributed by atoms with Crippen molar-refractivity contribution in [3.05, 3.63) is 24.3 Å². The Hall–Kier alpha value is -2.36. The second kappa shape index (κ2) is 10.9. The first kappa shape index (κ1) is 26.7. The number of ether oxygens (including phenoxy) is 3. The van der Waals surface area contributed by atoms with Crippen LogP contribution in [0.5, 0.6) is 5.75 Å². The van der Waals surface area contributed by atoms with Crippen LogP contribution < -0.4 is 10.1 Å². The maximum atomic E-state index is 13.1. The third-order valence-electron chi connectivity index (χ3n) is 9.02. The van der Waals surface area contributed by atoms with Crippen molar-refractivity contribution in [3.8, 4) is 5.75 Å². The van der Waals surface area contributed by atoms with Crippen molar-refractivity contribution < 1.29 is 34.0 Å². The fourth-order valence-electron chi connectivity index (χ4n) is 6.86. The van der Waals surface area contributed by atoms with Gasteiger partial charge in [-0.2, -0.15) is 0 Å². The summed E-state index contributed by atoms with van der Waals surface area (Å²) < 4.78 is 16.4. The second-order valence-corrected chi connectivity index (χ2v) is 11.0. The summed E-state index contributed by atoms with van der Waals surface area (Å²) in [6.07, 6.45) is 1.17. The number of carbonyl (C=O) groups is 2. The summed E-state index contributed by atoms with van der Waals surface area (Å²) in [5.74, 6) is 0.515. The zero-order chi connectivity index (χ0) is 25.9. The summed E-state index contributed by atoms with van der Waals surface area (Å²) in [5, 5.41) is 24.4. The Bertz CT molecular complexity index is 919. The van der Waals surface area contributed by atoms with Crippen molar-refractivity contribution >= 4 is 17.7 Å². The van der Waals surface area contributed by atoms with Crippen molar-refractivity contribution in [1.82, 2.24) is 4.90 Å². The predicted octanol–water partition coefficient (Wildman–Crippen LogP) is 3.05. The van der Waals surface area contributed by atoms with E-state index in [1.807, 2.05) is 11.8 Å². The van der Waals surface area contributed by atoms with Crippen LogP contribution in [0.3, 0.4) is 0 Å².